The highest BCUT2D eigenvalue weighted by atomic mass is 14.8. The van der Waals surface area contributed by atoms with Gasteiger partial charge in [0.1, 0.15) is 0 Å². The van der Waals surface area contributed by atoms with Crippen LogP contribution in [0.3, 0.4) is 0 Å². The smallest absolute Gasteiger partial charge is 0.0824 e. The molecular weight excluding hydrogens is 276 g/mol. The molecule has 2 aromatic rings. The van der Waals surface area contributed by atoms with Gasteiger partial charge in [-0.05, 0) is 55.5 Å². The van der Waals surface area contributed by atoms with Crippen molar-refractivity contribution in [1.82, 2.24) is 0 Å². The molecule has 12 N–H and O–H groups in total. The molecule has 0 saturated heterocycles. The van der Waals surface area contributed by atoms with E-state index in [1.165, 1.54) is 0 Å². The average molecular weight is 300 g/mol. The molecule has 2 rings (SSSR count). The first-order chi connectivity index (χ1) is 10.1. The zero-order chi connectivity index (χ0) is 16.9. The quantitative estimate of drug-likeness (QED) is 0.443. The van der Waals surface area contributed by atoms with E-state index in [1.54, 1.807) is 0 Å². The standard InChI is InChI=1S/C16H24N6/c1-5-7(3)11(17)8(4)6(2)9(5)10-12(18)14(20)16(22)15(21)13(10)19/h17-22H2,1-4H3. The van der Waals surface area contributed by atoms with Crippen LogP contribution in [-0.2, 0) is 0 Å². The Hall–Kier alpha value is -2.76. The van der Waals surface area contributed by atoms with Gasteiger partial charge < -0.3 is 34.4 Å². The number of hydrogen-bond donors (Lipinski definition) is 6. The maximum Gasteiger partial charge on any atom is 0.0824 e. The molecule has 0 spiro atoms. The third-order valence-electron chi connectivity index (χ3n) is 4.63. The first-order valence-corrected chi connectivity index (χ1v) is 6.98. The molecule has 0 fully saturated rings. The number of anilines is 6. The number of rotatable bonds is 1. The minimum Gasteiger partial charge on any atom is -0.398 e. The lowest BCUT2D eigenvalue weighted by molar-refractivity contribution is 1.25. The molecule has 0 radical (unpaired) electrons. The monoisotopic (exact) mass is 300 g/mol. The Balaban J connectivity index is 3.03. The van der Waals surface area contributed by atoms with Crippen molar-refractivity contribution < 1.29 is 0 Å². The Morgan fingerprint density at radius 2 is 0.682 bits per heavy atom. The molecule has 0 unspecified atom stereocenters. The van der Waals surface area contributed by atoms with Crippen LogP contribution in [0.5, 0.6) is 0 Å². The molecule has 2 aromatic carbocycles. The Morgan fingerprint density at radius 3 is 1.05 bits per heavy atom. The predicted octanol–water partition coefficient (Wildman–Crippen LogP) is 2.08. The first-order valence-electron chi connectivity index (χ1n) is 6.98. The Bertz CT molecular complexity index is 667. The van der Waals surface area contributed by atoms with Crippen LogP contribution in [-0.4, -0.2) is 0 Å². The Labute approximate surface area is 130 Å². The van der Waals surface area contributed by atoms with Crippen LogP contribution in [0.2, 0.25) is 0 Å². The van der Waals surface area contributed by atoms with Crippen LogP contribution >= 0.6 is 0 Å². The molecule has 118 valence electrons. The summed E-state index contributed by atoms with van der Waals surface area (Å²) in [5.41, 5.74) is 44.1. The molecule has 6 nitrogen and oxygen atoms in total. The van der Waals surface area contributed by atoms with Crippen LogP contribution in [0, 0.1) is 27.7 Å². The summed E-state index contributed by atoms with van der Waals surface area (Å²) in [6.45, 7) is 7.90. The van der Waals surface area contributed by atoms with Gasteiger partial charge in [0.05, 0.1) is 28.4 Å². The van der Waals surface area contributed by atoms with E-state index in [0.717, 1.165) is 33.5 Å². The fraction of sp³-hybridized carbons (Fsp3) is 0.250. The summed E-state index contributed by atoms with van der Waals surface area (Å²) in [4.78, 5) is 0. The summed E-state index contributed by atoms with van der Waals surface area (Å²) in [5.74, 6) is 0. The minimum atomic E-state index is 0.220. The summed E-state index contributed by atoms with van der Waals surface area (Å²) >= 11 is 0. The van der Waals surface area contributed by atoms with Crippen molar-refractivity contribution in [3.05, 3.63) is 22.3 Å². The van der Waals surface area contributed by atoms with Crippen molar-refractivity contribution in [3.63, 3.8) is 0 Å². The van der Waals surface area contributed by atoms with E-state index < -0.39 is 0 Å². The van der Waals surface area contributed by atoms with Crippen molar-refractivity contribution >= 4 is 34.1 Å². The van der Waals surface area contributed by atoms with E-state index in [4.69, 9.17) is 34.4 Å². The van der Waals surface area contributed by atoms with Crippen LogP contribution in [0.1, 0.15) is 22.3 Å². The Kier molecular flexibility index (Phi) is 3.48. The van der Waals surface area contributed by atoms with Crippen molar-refractivity contribution in [2.75, 3.05) is 34.4 Å². The van der Waals surface area contributed by atoms with Crippen molar-refractivity contribution in [2.45, 2.75) is 27.7 Å². The maximum absolute atomic E-state index is 6.19. The molecule has 0 heterocycles. The lowest BCUT2D eigenvalue weighted by atomic mass is 9.86. The normalized spacial score (nSPS) is 10.9. The van der Waals surface area contributed by atoms with Crippen molar-refractivity contribution in [1.29, 1.82) is 0 Å². The highest BCUT2D eigenvalue weighted by Gasteiger charge is 2.22. The molecule has 0 aliphatic heterocycles. The molecule has 0 aliphatic rings. The average Bonchev–Trinajstić information content (AvgIpc) is 2.50. The number of nitrogen functional groups attached to an aromatic ring is 6. The number of nitrogens with two attached hydrogens (primary N) is 6. The molecule has 0 aliphatic carbocycles. The van der Waals surface area contributed by atoms with E-state index in [1.807, 2.05) is 27.7 Å². The van der Waals surface area contributed by atoms with E-state index >= 15 is 0 Å². The van der Waals surface area contributed by atoms with Crippen molar-refractivity contribution in [3.8, 4) is 11.1 Å². The second-order valence-electron chi connectivity index (χ2n) is 5.73. The molecule has 0 amide bonds. The van der Waals surface area contributed by atoms with Crippen LogP contribution in [0.25, 0.3) is 11.1 Å². The van der Waals surface area contributed by atoms with Gasteiger partial charge in [0.25, 0.3) is 0 Å². The zero-order valence-electron chi connectivity index (χ0n) is 13.5. The van der Waals surface area contributed by atoms with Crippen LogP contribution < -0.4 is 34.4 Å². The summed E-state index contributed by atoms with van der Waals surface area (Å²) in [6, 6.07) is 0. The molecule has 6 heteroatoms. The summed E-state index contributed by atoms with van der Waals surface area (Å²) in [5, 5.41) is 0. The zero-order valence-corrected chi connectivity index (χ0v) is 13.5. The minimum absolute atomic E-state index is 0.220. The molecule has 0 bridgehead atoms. The van der Waals surface area contributed by atoms with Gasteiger partial charge in [-0.15, -0.1) is 0 Å². The lowest BCUT2D eigenvalue weighted by Crippen LogP contribution is -2.11. The number of benzene rings is 2. The van der Waals surface area contributed by atoms with Gasteiger partial charge in [-0.1, -0.05) is 0 Å². The van der Waals surface area contributed by atoms with Gasteiger partial charge in [0, 0.05) is 11.3 Å². The van der Waals surface area contributed by atoms with Crippen LogP contribution in [0.15, 0.2) is 0 Å². The molecular formula is C16H24N6. The summed E-state index contributed by atoms with van der Waals surface area (Å²) < 4.78 is 0. The lowest BCUT2D eigenvalue weighted by Gasteiger charge is -2.23. The predicted molar refractivity (Wildman–Crippen MR) is 97.3 cm³/mol. The third kappa shape index (κ3) is 1.88. The maximum atomic E-state index is 6.19. The fourth-order valence-electron chi connectivity index (χ4n) is 2.84. The van der Waals surface area contributed by atoms with Gasteiger partial charge in [-0.3, -0.25) is 0 Å². The largest absolute Gasteiger partial charge is 0.398 e. The summed E-state index contributed by atoms with van der Waals surface area (Å²) in [6.07, 6.45) is 0. The SMILES string of the molecule is Cc1c(C)c(-c2c(N)c(N)c(N)c(N)c2N)c(C)c(C)c1N. The van der Waals surface area contributed by atoms with Crippen LogP contribution in [0.4, 0.5) is 34.1 Å². The van der Waals surface area contributed by atoms with Crippen molar-refractivity contribution in [2.24, 2.45) is 0 Å². The van der Waals surface area contributed by atoms with Gasteiger partial charge in [0.15, 0.2) is 0 Å². The van der Waals surface area contributed by atoms with E-state index in [9.17, 15) is 0 Å². The fourth-order valence-corrected chi connectivity index (χ4v) is 2.84. The van der Waals surface area contributed by atoms with E-state index in [2.05, 4.69) is 0 Å². The highest BCUT2D eigenvalue weighted by Crippen LogP contribution is 2.47. The third-order valence-corrected chi connectivity index (χ3v) is 4.63. The van der Waals surface area contributed by atoms with Gasteiger partial charge in [-0.25, -0.2) is 0 Å². The van der Waals surface area contributed by atoms with E-state index in [0.29, 0.717) is 16.9 Å². The molecule has 22 heavy (non-hydrogen) atoms. The highest BCUT2D eigenvalue weighted by molar-refractivity contribution is 6.06. The van der Waals surface area contributed by atoms with Gasteiger partial charge in [-0.2, -0.15) is 0 Å². The Morgan fingerprint density at radius 1 is 0.364 bits per heavy atom. The van der Waals surface area contributed by atoms with E-state index in [-0.39, 0.29) is 17.1 Å². The second kappa shape index (κ2) is 4.91. The summed E-state index contributed by atoms with van der Waals surface area (Å²) in [7, 11) is 0. The molecule has 0 aromatic heterocycles. The van der Waals surface area contributed by atoms with Gasteiger partial charge in [0.2, 0.25) is 0 Å². The van der Waals surface area contributed by atoms with Gasteiger partial charge >= 0.3 is 0 Å². The number of hydrogen-bond acceptors (Lipinski definition) is 6. The molecule has 0 saturated carbocycles. The molecule has 0 atom stereocenters. The topological polar surface area (TPSA) is 156 Å². The second-order valence-corrected chi connectivity index (χ2v) is 5.73. The first kappa shape index (κ1) is 15.6.